The van der Waals surface area contributed by atoms with Gasteiger partial charge in [0.25, 0.3) is 5.56 Å². The molecule has 1 aromatic carbocycles. The van der Waals surface area contributed by atoms with Crippen molar-refractivity contribution < 1.29 is 4.74 Å². The molecule has 0 radical (unpaired) electrons. The SMILES string of the molecule is N#Cc1cc2nc(Cc3n[nH]c(=O)c4ccccc34)cn2cc1OCC1CC1. The number of hydrogen-bond donors (Lipinski definition) is 1. The lowest BCUT2D eigenvalue weighted by Gasteiger charge is -2.07. The van der Waals surface area contributed by atoms with Crippen molar-refractivity contribution >= 4 is 16.4 Å². The second-order valence-electron chi connectivity index (χ2n) is 7.14. The van der Waals surface area contributed by atoms with Crippen LogP contribution in [0.1, 0.15) is 29.8 Å². The summed E-state index contributed by atoms with van der Waals surface area (Å²) in [6.45, 7) is 0.648. The fourth-order valence-corrected chi connectivity index (χ4v) is 3.32. The summed E-state index contributed by atoms with van der Waals surface area (Å²) in [5.74, 6) is 1.19. The van der Waals surface area contributed by atoms with E-state index < -0.39 is 0 Å². The van der Waals surface area contributed by atoms with E-state index in [1.807, 2.05) is 35.0 Å². The van der Waals surface area contributed by atoms with Crippen molar-refractivity contribution in [2.75, 3.05) is 6.61 Å². The van der Waals surface area contributed by atoms with Crippen LogP contribution in [0.4, 0.5) is 0 Å². The zero-order valence-corrected chi connectivity index (χ0v) is 15.1. The molecule has 7 nitrogen and oxygen atoms in total. The first kappa shape index (κ1) is 16.5. The summed E-state index contributed by atoms with van der Waals surface area (Å²) in [6.07, 6.45) is 6.57. The molecule has 3 aromatic heterocycles. The summed E-state index contributed by atoms with van der Waals surface area (Å²) in [7, 11) is 0. The van der Waals surface area contributed by atoms with Crippen molar-refractivity contribution in [1.82, 2.24) is 19.6 Å². The predicted molar refractivity (Wildman–Crippen MR) is 103 cm³/mol. The Morgan fingerprint density at radius 1 is 1.25 bits per heavy atom. The van der Waals surface area contributed by atoms with Gasteiger partial charge in [-0.25, -0.2) is 10.1 Å². The zero-order chi connectivity index (χ0) is 19.1. The Hall–Kier alpha value is -3.66. The molecule has 1 aliphatic rings. The lowest BCUT2D eigenvalue weighted by molar-refractivity contribution is 0.297. The van der Waals surface area contributed by atoms with Gasteiger partial charge in [0.2, 0.25) is 0 Å². The molecule has 4 aromatic rings. The van der Waals surface area contributed by atoms with Crippen LogP contribution in [0.15, 0.2) is 47.5 Å². The van der Waals surface area contributed by atoms with E-state index >= 15 is 0 Å². The number of nitrogens with one attached hydrogen (secondary N) is 1. The number of rotatable bonds is 5. The summed E-state index contributed by atoms with van der Waals surface area (Å²) < 4.78 is 7.70. The number of aromatic amines is 1. The monoisotopic (exact) mass is 371 g/mol. The zero-order valence-electron chi connectivity index (χ0n) is 15.1. The summed E-state index contributed by atoms with van der Waals surface area (Å²) in [5.41, 5.74) is 2.51. The highest BCUT2D eigenvalue weighted by Crippen LogP contribution is 2.30. The Morgan fingerprint density at radius 3 is 2.86 bits per heavy atom. The average molecular weight is 371 g/mol. The maximum Gasteiger partial charge on any atom is 0.272 e. The molecule has 0 unspecified atom stereocenters. The molecule has 1 N–H and O–H groups in total. The molecule has 1 saturated carbocycles. The van der Waals surface area contributed by atoms with Gasteiger partial charge in [-0.05, 0) is 24.8 Å². The van der Waals surface area contributed by atoms with Crippen molar-refractivity contribution in [3.63, 3.8) is 0 Å². The molecular formula is C21H17N5O2. The first-order chi connectivity index (χ1) is 13.7. The second-order valence-corrected chi connectivity index (χ2v) is 7.14. The van der Waals surface area contributed by atoms with Crippen LogP contribution in [-0.2, 0) is 6.42 Å². The molecule has 7 heteroatoms. The number of ether oxygens (including phenoxy) is 1. The Morgan fingerprint density at radius 2 is 2.07 bits per heavy atom. The number of aromatic nitrogens is 4. The van der Waals surface area contributed by atoms with Gasteiger partial charge >= 0.3 is 0 Å². The van der Waals surface area contributed by atoms with Gasteiger partial charge in [-0.15, -0.1) is 0 Å². The molecule has 0 aliphatic heterocycles. The van der Waals surface area contributed by atoms with Crippen molar-refractivity contribution in [1.29, 1.82) is 5.26 Å². The van der Waals surface area contributed by atoms with Crippen molar-refractivity contribution in [3.05, 3.63) is 70.0 Å². The summed E-state index contributed by atoms with van der Waals surface area (Å²) in [5, 5.41) is 17.6. The van der Waals surface area contributed by atoms with Gasteiger partial charge in [0.1, 0.15) is 11.7 Å². The third kappa shape index (κ3) is 2.99. The van der Waals surface area contributed by atoms with Gasteiger partial charge in [-0.3, -0.25) is 4.79 Å². The Bertz CT molecular complexity index is 1290. The highest BCUT2D eigenvalue weighted by Gasteiger charge is 2.22. The molecule has 0 saturated heterocycles. The van der Waals surface area contributed by atoms with Crippen LogP contribution in [0.25, 0.3) is 16.4 Å². The van der Waals surface area contributed by atoms with Crippen LogP contribution < -0.4 is 10.3 Å². The molecule has 138 valence electrons. The minimum atomic E-state index is -0.203. The second kappa shape index (κ2) is 6.50. The van der Waals surface area contributed by atoms with Crippen LogP contribution in [0.2, 0.25) is 0 Å². The maximum atomic E-state index is 12.0. The molecular weight excluding hydrogens is 354 g/mol. The Labute approximate surface area is 160 Å². The number of imidazole rings is 1. The number of H-pyrrole nitrogens is 1. The number of hydrogen-bond acceptors (Lipinski definition) is 5. The number of benzene rings is 1. The van der Waals surface area contributed by atoms with Crippen molar-refractivity contribution in [3.8, 4) is 11.8 Å². The maximum absolute atomic E-state index is 12.0. The van der Waals surface area contributed by atoms with Gasteiger partial charge in [0.15, 0.2) is 5.75 Å². The van der Waals surface area contributed by atoms with E-state index in [4.69, 9.17) is 4.74 Å². The molecule has 0 atom stereocenters. The number of nitrogens with zero attached hydrogens (tertiary/aromatic N) is 4. The smallest absolute Gasteiger partial charge is 0.272 e. The van der Waals surface area contributed by atoms with Crippen molar-refractivity contribution in [2.45, 2.75) is 19.3 Å². The van der Waals surface area contributed by atoms with Crippen molar-refractivity contribution in [2.24, 2.45) is 5.92 Å². The molecule has 0 amide bonds. The molecule has 0 spiro atoms. The van der Waals surface area contributed by atoms with Gasteiger partial charge in [0.05, 0.1) is 35.1 Å². The van der Waals surface area contributed by atoms with Crippen LogP contribution >= 0.6 is 0 Å². The normalized spacial score (nSPS) is 13.7. The quantitative estimate of drug-likeness (QED) is 0.582. The van der Waals surface area contributed by atoms with Gasteiger partial charge in [0, 0.05) is 24.1 Å². The third-order valence-electron chi connectivity index (χ3n) is 5.02. The number of nitriles is 1. The van der Waals surface area contributed by atoms with Gasteiger partial charge in [-0.1, -0.05) is 18.2 Å². The summed E-state index contributed by atoms with van der Waals surface area (Å²) in [4.78, 5) is 16.6. The predicted octanol–water partition coefficient (Wildman–Crippen LogP) is 2.82. The highest BCUT2D eigenvalue weighted by molar-refractivity contribution is 5.83. The minimum absolute atomic E-state index is 0.203. The average Bonchev–Trinajstić information content (AvgIpc) is 3.47. The Balaban J connectivity index is 1.51. The standard InChI is InChI=1S/C21H17N5O2/c22-9-14-7-20-23-15(10-26(20)11-19(14)28-12-13-5-6-13)8-18-16-3-1-2-4-17(16)21(27)25-24-18/h1-4,7,10-11,13H,5-6,8,12H2,(H,25,27). The lowest BCUT2D eigenvalue weighted by Crippen LogP contribution is -2.11. The largest absolute Gasteiger partial charge is 0.490 e. The highest BCUT2D eigenvalue weighted by atomic mass is 16.5. The van der Waals surface area contributed by atoms with E-state index in [1.54, 1.807) is 12.1 Å². The summed E-state index contributed by atoms with van der Waals surface area (Å²) >= 11 is 0. The molecule has 28 heavy (non-hydrogen) atoms. The minimum Gasteiger partial charge on any atom is -0.490 e. The van der Waals surface area contributed by atoms with Gasteiger partial charge < -0.3 is 9.14 Å². The first-order valence-corrected chi connectivity index (χ1v) is 9.22. The van der Waals surface area contributed by atoms with Gasteiger partial charge in [-0.2, -0.15) is 10.4 Å². The molecule has 3 heterocycles. The summed E-state index contributed by atoms with van der Waals surface area (Å²) in [6, 6.07) is 11.3. The van der Waals surface area contributed by atoms with E-state index in [9.17, 15) is 10.1 Å². The van der Waals surface area contributed by atoms with E-state index in [0.717, 1.165) is 16.8 Å². The van der Waals surface area contributed by atoms with Crippen LogP contribution in [0.5, 0.6) is 5.75 Å². The molecule has 0 bridgehead atoms. The number of pyridine rings is 1. The fourth-order valence-electron chi connectivity index (χ4n) is 3.32. The van der Waals surface area contributed by atoms with E-state index in [-0.39, 0.29) is 5.56 Å². The third-order valence-corrected chi connectivity index (χ3v) is 5.02. The van der Waals surface area contributed by atoms with E-state index in [1.165, 1.54) is 12.8 Å². The van der Waals surface area contributed by atoms with E-state index in [2.05, 4.69) is 21.3 Å². The fraction of sp³-hybridized carbons (Fsp3) is 0.238. The molecule has 1 aliphatic carbocycles. The lowest BCUT2D eigenvalue weighted by atomic mass is 10.1. The molecule has 1 fully saturated rings. The number of fused-ring (bicyclic) bond motifs is 2. The van der Waals surface area contributed by atoms with Crippen LogP contribution in [0.3, 0.4) is 0 Å². The van der Waals surface area contributed by atoms with E-state index in [0.29, 0.717) is 41.3 Å². The Kier molecular flexibility index (Phi) is 3.83. The van der Waals surface area contributed by atoms with Crippen LogP contribution in [0, 0.1) is 17.2 Å². The van der Waals surface area contributed by atoms with Crippen LogP contribution in [-0.4, -0.2) is 26.2 Å². The molecule has 5 rings (SSSR count). The topological polar surface area (TPSA) is 96.1 Å². The first-order valence-electron chi connectivity index (χ1n) is 9.22.